The van der Waals surface area contributed by atoms with Gasteiger partial charge in [0, 0.05) is 30.4 Å². The fourth-order valence-corrected chi connectivity index (χ4v) is 4.93. The smallest absolute Gasteiger partial charge is 0.257 e. The number of anilines is 3. The molecule has 2 amide bonds. The minimum Gasteiger partial charge on any atom is -0.322 e. The maximum Gasteiger partial charge on any atom is 0.257 e. The van der Waals surface area contributed by atoms with Crippen LogP contribution in [0.15, 0.2) is 60.9 Å². The van der Waals surface area contributed by atoms with Crippen molar-refractivity contribution in [3.8, 4) is 0 Å². The van der Waals surface area contributed by atoms with Crippen LogP contribution in [0, 0.1) is 0 Å². The second kappa shape index (κ2) is 9.68. The van der Waals surface area contributed by atoms with Crippen molar-refractivity contribution in [2.75, 3.05) is 27.2 Å². The van der Waals surface area contributed by atoms with E-state index in [0.717, 1.165) is 6.42 Å². The van der Waals surface area contributed by atoms with Gasteiger partial charge in [-0.3, -0.25) is 18.9 Å². The molecule has 2 N–H and O–H groups in total. The lowest BCUT2D eigenvalue weighted by Gasteiger charge is -2.17. The fourth-order valence-electron chi connectivity index (χ4n) is 3.22. The number of benzene rings is 2. The molecule has 164 valence electrons. The molecule has 2 aromatic carbocycles. The molecule has 1 fully saturated rings. The Morgan fingerprint density at radius 3 is 2.53 bits per heavy atom. The molecule has 1 aliphatic heterocycles. The first-order valence-corrected chi connectivity index (χ1v) is 11.7. The summed E-state index contributed by atoms with van der Waals surface area (Å²) in [4.78, 5) is 29.1. The fraction of sp³-hybridized carbons (Fsp3) is 0.136. The van der Waals surface area contributed by atoms with Gasteiger partial charge in [-0.1, -0.05) is 23.2 Å². The van der Waals surface area contributed by atoms with Crippen molar-refractivity contribution in [3.05, 3.63) is 82.1 Å². The number of hydrogen-bond acceptors (Lipinski definition) is 4. The molecular weight excluding hydrogens is 471 g/mol. The number of carbonyl (C=O) groups is 2. The normalized spacial score (nSPS) is 15.4. The van der Waals surface area contributed by atoms with E-state index in [9.17, 15) is 13.8 Å². The van der Waals surface area contributed by atoms with Crippen LogP contribution >= 0.6 is 23.2 Å². The summed E-state index contributed by atoms with van der Waals surface area (Å²) in [6.07, 6.45) is 3.86. The van der Waals surface area contributed by atoms with Gasteiger partial charge < -0.3 is 10.6 Å². The van der Waals surface area contributed by atoms with Gasteiger partial charge in [0.1, 0.15) is 11.0 Å². The zero-order valence-electron chi connectivity index (χ0n) is 16.7. The van der Waals surface area contributed by atoms with Crippen LogP contribution in [0.25, 0.3) is 0 Å². The Balaban J connectivity index is 1.49. The molecule has 1 unspecified atom stereocenters. The molecule has 1 atom stereocenters. The summed E-state index contributed by atoms with van der Waals surface area (Å²) in [6, 6.07) is 13.0. The summed E-state index contributed by atoms with van der Waals surface area (Å²) < 4.78 is 13.8. The van der Waals surface area contributed by atoms with Crippen LogP contribution in [0.4, 0.5) is 17.1 Å². The summed E-state index contributed by atoms with van der Waals surface area (Å²) in [5.41, 5.74) is 2.15. The van der Waals surface area contributed by atoms with E-state index in [1.165, 1.54) is 6.20 Å². The zero-order chi connectivity index (χ0) is 22.7. The predicted molar refractivity (Wildman–Crippen MR) is 128 cm³/mol. The van der Waals surface area contributed by atoms with Crippen molar-refractivity contribution in [2.45, 2.75) is 6.42 Å². The van der Waals surface area contributed by atoms with Crippen LogP contribution in [-0.4, -0.2) is 33.3 Å². The van der Waals surface area contributed by atoms with Crippen LogP contribution < -0.4 is 14.9 Å². The predicted octanol–water partition coefficient (Wildman–Crippen LogP) is 4.77. The monoisotopic (exact) mass is 488 g/mol. The minimum absolute atomic E-state index is 0.253. The number of nitrogens with one attached hydrogen (secondary N) is 2. The summed E-state index contributed by atoms with van der Waals surface area (Å²) in [7, 11) is -1.07. The molecule has 3 aromatic rings. The Morgan fingerprint density at radius 2 is 1.84 bits per heavy atom. The number of hydrogen-bond donors (Lipinski definition) is 2. The van der Waals surface area contributed by atoms with Gasteiger partial charge in [-0.2, -0.15) is 0 Å². The lowest BCUT2D eigenvalue weighted by atomic mass is 10.1. The number of aromatic nitrogens is 1. The lowest BCUT2D eigenvalue weighted by Crippen LogP contribution is -2.20. The number of rotatable bonds is 5. The van der Waals surface area contributed by atoms with Crippen LogP contribution in [-0.2, 0) is 11.0 Å². The SMILES string of the molecule is O=C(Nc1cc(NC(=O)c2ccc(N3CCCS3=O)cc2Cl)ccc1Cl)c1cccnc1. The third-order valence-electron chi connectivity index (χ3n) is 4.81. The molecule has 4 rings (SSSR count). The minimum atomic E-state index is -1.07. The van der Waals surface area contributed by atoms with Crippen LogP contribution in [0.3, 0.4) is 0 Å². The van der Waals surface area contributed by atoms with E-state index in [1.54, 1.807) is 59.0 Å². The van der Waals surface area contributed by atoms with Crippen LogP contribution in [0.2, 0.25) is 10.0 Å². The first-order valence-electron chi connectivity index (χ1n) is 9.70. The molecule has 1 aromatic heterocycles. The zero-order valence-corrected chi connectivity index (χ0v) is 19.0. The number of carbonyl (C=O) groups excluding carboxylic acids is 2. The molecule has 10 heteroatoms. The van der Waals surface area contributed by atoms with Crippen molar-refractivity contribution >= 4 is 63.1 Å². The van der Waals surface area contributed by atoms with Gasteiger partial charge in [-0.15, -0.1) is 0 Å². The molecule has 1 aliphatic rings. The van der Waals surface area contributed by atoms with E-state index in [0.29, 0.717) is 39.9 Å². The van der Waals surface area contributed by atoms with Gasteiger partial charge >= 0.3 is 0 Å². The molecule has 2 heterocycles. The highest BCUT2D eigenvalue weighted by molar-refractivity contribution is 7.86. The van der Waals surface area contributed by atoms with Crippen molar-refractivity contribution < 1.29 is 13.8 Å². The summed E-state index contributed by atoms with van der Waals surface area (Å²) in [5, 5.41) is 6.04. The van der Waals surface area contributed by atoms with Crippen molar-refractivity contribution in [1.82, 2.24) is 4.98 Å². The van der Waals surface area contributed by atoms with E-state index in [-0.39, 0.29) is 16.5 Å². The molecule has 32 heavy (non-hydrogen) atoms. The Hall–Kier alpha value is -2.94. The molecule has 0 saturated carbocycles. The molecule has 0 aliphatic carbocycles. The van der Waals surface area contributed by atoms with Gasteiger partial charge in [-0.25, -0.2) is 4.21 Å². The highest BCUT2D eigenvalue weighted by Crippen LogP contribution is 2.29. The quantitative estimate of drug-likeness (QED) is 0.541. The third-order valence-corrected chi connectivity index (χ3v) is 6.97. The van der Waals surface area contributed by atoms with Gasteiger partial charge in [-0.05, 0) is 55.0 Å². The molecule has 7 nitrogen and oxygen atoms in total. The maximum absolute atomic E-state index is 12.8. The number of nitrogens with zero attached hydrogens (tertiary/aromatic N) is 2. The van der Waals surface area contributed by atoms with E-state index in [4.69, 9.17) is 23.2 Å². The van der Waals surface area contributed by atoms with E-state index >= 15 is 0 Å². The van der Waals surface area contributed by atoms with Crippen LogP contribution in [0.5, 0.6) is 0 Å². The molecule has 0 spiro atoms. The van der Waals surface area contributed by atoms with Crippen LogP contribution in [0.1, 0.15) is 27.1 Å². The van der Waals surface area contributed by atoms with Gasteiger partial charge in [0.15, 0.2) is 0 Å². The second-order valence-corrected chi connectivity index (χ2v) is 9.30. The number of amides is 2. The van der Waals surface area contributed by atoms with Crippen molar-refractivity contribution in [1.29, 1.82) is 0 Å². The first-order chi connectivity index (χ1) is 15.4. The molecular formula is C22H18Cl2N4O3S. The van der Waals surface area contributed by atoms with E-state index in [1.807, 2.05) is 0 Å². The Labute approximate surface area is 197 Å². The van der Waals surface area contributed by atoms with E-state index < -0.39 is 16.9 Å². The van der Waals surface area contributed by atoms with Gasteiger partial charge in [0.25, 0.3) is 11.8 Å². The maximum atomic E-state index is 12.8. The number of pyridine rings is 1. The third kappa shape index (κ3) is 4.93. The topological polar surface area (TPSA) is 91.4 Å². The standard InChI is InChI=1S/C22H18Cl2N4O3S/c23-18-7-4-15(11-20(18)27-21(29)14-3-1-8-25-13-14)26-22(30)17-6-5-16(12-19(17)24)28-9-2-10-32(28)31/h1,3-8,11-13H,2,9-10H2,(H,26,30)(H,27,29). The summed E-state index contributed by atoms with van der Waals surface area (Å²) >= 11 is 12.5. The molecule has 0 bridgehead atoms. The highest BCUT2D eigenvalue weighted by atomic mass is 35.5. The molecule has 0 radical (unpaired) electrons. The average Bonchev–Trinajstić information content (AvgIpc) is 3.22. The summed E-state index contributed by atoms with van der Waals surface area (Å²) in [6.45, 7) is 0.687. The molecule has 1 saturated heterocycles. The second-order valence-electron chi connectivity index (χ2n) is 6.99. The van der Waals surface area contributed by atoms with Crippen molar-refractivity contribution in [3.63, 3.8) is 0 Å². The van der Waals surface area contributed by atoms with E-state index in [2.05, 4.69) is 15.6 Å². The number of halogens is 2. The van der Waals surface area contributed by atoms with Crippen molar-refractivity contribution in [2.24, 2.45) is 0 Å². The summed E-state index contributed by atoms with van der Waals surface area (Å²) in [5.74, 6) is -0.173. The first kappa shape index (κ1) is 22.3. The Kier molecular flexibility index (Phi) is 6.74. The Morgan fingerprint density at radius 1 is 1.00 bits per heavy atom. The highest BCUT2D eigenvalue weighted by Gasteiger charge is 2.22. The van der Waals surface area contributed by atoms with Gasteiger partial charge in [0.05, 0.1) is 32.5 Å². The largest absolute Gasteiger partial charge is 0.322 e. The average molecular weight is 489 g/mol. The lowest BCUT2D eigenvalue weighted by molar-refractivity contribution is 0.101. The van der Waals surface area contributed by atoms with Gasteiger partial charge in [0.2, 0.25) is 0 Å². The Bertz CT molecular complexity index is 1210.